The zero-order valence-corrected chi connectivity index (χ0v) is 16.3. The second-order valence-electron chi connectivity index (χ2n) is 6.34. The predicted molar refractivity (Wildman–Crippen MR) is 105 cm³/mol. The molecule has 0 aliphatic carbocycles. The van der Waals surface area contributed by atoms with Crippen LogP contribution in [-0.4, -0.2) is 32.5 Å². The molecular weight excluding hydrogens is 388 g/mol. The molecule has 142 valence electrons. The first-order valence-corrected chi connectivity index (χ1v) is 10.5. The largest absolute Gasteiger partial charge is 0.326 e. The van der Waals surface area contributed by atoms with Crippen molar-refractivity contribution in [2.24, 2.45) is 0 Å². The van der Waals surface area contributed by atoms with Crippen molar-refractivity contribution in [3.8, 4) is 0 Å². The summed E-state index contributed by atoms with van der Waals surface area (Å²) >= 11 is 5.97. The molecule has 1 aliphatic rings. The minimum atomic E-state index is -3.60. The number of halogens is 1. The smallest absolute Gasteiger partial charge is 0.228 e. The third kappa shape index (κ3) is 4.48. The SMILES string of the molecule is CC(=O)Nc1ccc(S(=O)(=O)CCC(=O)N2CCc3cc(Cl)ccc32)cc1. The van der Waals surface area contributed by atoms with Crippen LogP contribution < -0.4 is 10.2 Å². The van der Waals surface area contributed by atoms with Crippen LogP contribution in [0.3, 0.4) is 0 Å². The minimum absolute atomic E-state index is 0.0994. The van der Waals surface area contributed by atoms with Crippen LogP contribution >= 0.6 is 11.6 Å². The Kier molecular flexibility index (Phi) is 5.53. The summed E-state index contributed by atoms with van der Waals surface area (Å²) in [5.41, 5.74) is 2.30. The summed E-state index contributed by atoms with van der Waals surface area (Å²) in [7, 11) is -3.60. The molecule has 0 bridgehead atoms. The summed E-state index contributed by atoms with van der Waals surface area (Å²) in [5, 5.41) is 3.20. The van der Waals surface area contributed by atoms with Crippen molar-refractivity contribution in [1.29, 1.82) is 0 Å². The van der Waals surface area contributed by atoms with Crippen molar-refractivity contribution in [1.82, 2.24) is 0 Å². The quantitative estimate of drug-likeness (QED) is 0.827. The predicted octanol–water partition coefficient (Wildman–Crippen LogP) is 3.05. The van der Waals surface area contributed by atoms with Gasteiger partial charge in [0.25, 0.3) is 0 Å². The van der Waals surface area contributed by atoms with E-state index in [4.69, 9.17) is 11.6 Å². The third-order valence-corrected chi connectivity index (χ3v) is 6.32. The van der Waals surface area contributed by atoms with E-state index in [-0.39, 0.29) is 28.9 Å². The lowest BCUT2D eigenvalue weighted by atomic mass is 10.2. The molecule has 6 nitrogen and oxygen atoms in total. The Morgan fingerprint density at radius 3 is 2.52 bits per heavy atom. The fourth-order valence-electron chi connectivity index (χ4n) is 3.05. The van der Waals surface area contributed by atoms with E-state index in [2.05, 4.69) is 5.32 Å². The number of anilines is 2. The van der Waals surface area contributed by atoms with E-state index >= 15 is 0 Å². The molecular formula is C19H19ClN2O4S. The van der Waals surface area contributed by atoms with Crippen LogP contribution in [0.25, 0.3) is 0 Å². The van der Waals surface area contributed by atoms with E-state index in [0.717, 1.165) is 11.3 Å². The molecule has 0 radical (unpaired) electrons. The van der Waals surface area contributed by atoms with E-state index in [1.807, 2.05) is 6.07 Å². The van der Waals surface area contributed by atoms with Crippen molar-refractivity contribution in [3.05, 3.63) is 53.1 Å². The van der Waals surface area contributed by atoms with Crippen molar-refractivity contribution >= 4 is 44.6 Å². The molecule has 0 atom stereocenters. The van der Waals surface area contributed by atoms with Gasteiger partial charge in [-0.15, -0.1) is 0 Å². The maximum absolute atomic E-state index is 12.5. The van der Waals surface area contributed by atoms with Crippen LogP contribution in [0.1, 0.15) is 18.9 Å². The number of nitrogens with one attached hydrogen (secondary N) is 1. The van der Waals surface area contributed by atoms with Crippen molar-refractivity contribution in [2.45, 2.75) is 24.7 Å². The Labute approximate surface area is 163 Å². The summed E-state index contributed by atoms with van der Waals surface area (Å²) in [6, 6.07) is 11.2. The van der Waals surface area contributed by atoms with Crippen molar-refractivity contribution in [3.63, 3.8) is 0 Å². The summed E-state index contributed by atoms with van der Waals surface area (Å²) in [6.45, 7) is 1.90. The minimum Gasteiger partial charge on any atom is -0.326 e. The lowest BCUT2D eigenvalue weighted by Crippen LogP contribution is -2.30. The van der Waals surface area contributed by atoms with Crippen LogP contribution in [-0.2, 0) is 25.8 Å². The number of benzene rings is 2. The fourth-order valence-corrected chi connectivity index (χ4v) is 4.48. The van der Waals surface area contributed by atoms with Gasteiger partial charge < -0.3 is 10.2 Å². The Bertz CT molecular complexity index is 987. The fraction of sp³-hybridized carbons (Fsp3) is 0.263. The number of hydrogen-bond acceptors (Lipinski definition) is 4. The van der Waals surface area contributed by atoms with E-state index < -0.39 is 9.84 Å². The number of carbonyl (C=O) groups excluding carboxylic acids is 2. The zero-order valence-electron chi connectivity index (χ0n) is 14.7. The first kappa shape index (κ1) is 19.4. The van der Waals surface area contributed by atoms with Gasteiger partial charge >= 0.3 is 0 Å². The van der Waals surface area contributed by atoms with Crippen LogP contribution in [0.5, 0.6) is 0 Å². The maximum Gasteiger partial charge on any atom is 0.228 e. The van der Waals surface area contributed by atoms with E-state index in [0.29, 0.717) is 23.7 Å². The lowest BCUT2D eigenvalue weighted by Gasteiger charge is -2.17. The van der Waals surface area contributed by atoms with Gasteiger partial charge in [-0.25, -0.2) is 8.42 Å². The van der Waals surface area contributed by atoms with Gasteiger partial charge in [0, 0.05) is 36.3 Å². The summed E-state index contributed by atoms with van der Waals surface area (Å²) in [6.07, 6.45) is 0.608. The molecule has 2 amide bonds. The van der Waals surface area contributed by atoms with Crippen LogP contribution in [0.2, 0.25) is 5.02 Å². The first-order chi connectivity index (χ1) is 12.8. The molecule has 0 unspecified atom stereocenters. The monoisotopic (exact) mass is 406 g/mol. The average molecular weight is 407 g/mol. The third-order valence-electron chi connectivity index (χ3n) is 4.36. The summed E-state index contributed by atoms with van der Waals surface area (Å²) in [5.74, 6) is -0.733. The zero-order chi connectivity index (χ0) is 19.6. The molecule has 1 N–H and O–H groups in total. The summed E-state index contributed by atoms with van der Waals surface area (Å²) in [4.78, 5) is 25.3. The summed E-state index contributed by atoms with van der Waals surface area (Å²) < 4.78 is 25.0. The van der Waals surface area contributed by atoms with Crippen molar-refractivity contribution < 1.29 is 18.0 Å². The molecule has 1 aliphatic heterocycles. The highest BCUT2D eigenvalue weighted by molar-refractivity contribution is 7.91. The average Bonchev–Trinajstić information content (AvgIpc) is 3.02. The second kappa shape index (κ2) is 7.70. The topological polar surface area (TPSA) is 83.5 Å². The van der Waals surface area contributed by atoms with Gasteiger partial charge in [-0.1, -0.05) is 11.6 Å². The normalized spacial score (nSPS) is 13.3. The second-order valence-corrected chi connectivity index (χ2v) is 8.89. The van der Waals surface area contributed by atoms with Crippen LogP contribution in [0, 0.1) is 0 Å². The molecule has 1 heterocycles. The molecule has 2 aromatic rings. The van der Waals surface area contributed by atoms with Gasteiger partial charge in [0.2, 0.25) is 11.8 Å². The number of fused-ring (bicyclic) bond motifs is 1. The van der Waals surface area contributed by atoms with E-state index in [1.54, 1.807) is 17.0 Å². The van der Waals surface area contributed by atoms with Gasteiger partial charge in [-0.3, -0.25) is 9.59 Å². The number of hydrogen-bond donors (Lipinski definition) is 1. The maximum atomic E-state index is 12.5. The van der Waals surface area contributed by atoms with Gasteiger partial charge in [0.05, 0.1) is 10.6 Å². The van der Waals surface area contributed by atoms with Gasteiger partial charge in [-0.2, -0.15) is 0 Å². The molecule has 0 fully saturated rings. The van der Waals surface area contributed by atoms with E-state index in [9.17, 15) is 18.0 Å². The number of nitrogens with zero attached hydrogens (tertiary/aromatic N) is 1. The number of sulfone groups is 1. The molecule has 0 aromatic heterocycles. The highest BCUT2D eigenvalue weighted by Crippen LogP contribution is 2.31. The highest BCUT2D eigenvalue weighted by Gasteiger charge is 2.26. The van der Waals surface area contributed by atoms with Gasteiger partial charge in [-0.05, 0) is 54.4 Å². The molecule has 3 rings (SSSR count). The Balaban J connectivity index is 1.66. The molecule has 8 heteroatoms. The van der Waals surface area contributed by atoms with Gasteiger partial charge in [0.15, 0.2) is 9.84 Å². The highest BCUT2D eigenvalue weighted by atomic mass is 35.5. The molecule has 2 aromatic carbocycles. The Morgan fingerprint density at radius 2 is 1.85 bits per heavy atom. The standard InChI is InChI=1S/C19H19ClN2O4S/c1-13(23)21-16-3-5-17(6-4-16)27(25,26)11-9-19(24)22-10-8-14-12-15(20)2-7-18(14)22/h2-7,12H,8-11H2,1H3,(H,21,23). The Hall–Kier alpha value is -2.38. The lowest BCUT2D eigenvalue weighted by molar-refractivity contribution is -0.118. The first-order valence-electron chi connectivity index (χ1n) is 8.45. The number of rotatable bonds is 5. The number of carbonyl (C=O) groups is 2. The van der Waals surface area contributed by atoms with E-state index in [1.165, 1.54) is 31.2 Å². The molecule has 0 saturated heterocycles. The molecule has 27 heavy (non-hydrogen) atoms. The van der Waals surface area contributed by atoms with Crippen molar-refractivity contribution in [2.75, 3.05) is 22.5 Å². The van der Waals surface area contributed by atoms with Gasteiger partial charge in [0.1, 0.15) is 0 Å². The molecule has 0 saturated carbocycles. The molecule has 0 spiro atoms. The Morgan fingerprint density at radius 1 is 1.15 bits per heavy atom. The number of amides is 2. The van der Waals surface area contributed by atoms with Crippen LogP contribution in [0.15, 0.2) is 47.4 Å². The van der Waals surface area contributed by atoms with Crippen LogP contribution in [0.4, 0.5) is 11.4 Å².